The van der Waals surface area contributed by atoms with Crippen molar-refractivity contribution in [3.8, 4) is 0 Å². The minimum Gasteiger partial charge on any atom is -0.454 e. The van der Waals surface area contributed by atoms with E-state index in [0.29, 0.717) is 17.9 Å². The monoisotopic (exact) mass is 561 g/mol. The molecule has 0 spiro atoms. The summed E-state index contributed by atoms with van der Waals surface area (Å²) in [5.74, 6) is 0.135. The molecule has 2 aromatic rings. The molecule has 38 heavy (non-hydrogen) atoms. The molecule has 1 fully saturated rings. The van der Waals surface area contributed by atoms with Crippen LogP contribution in [0.4, 0.5) is 4.39 Å². The maximum absolute atomic E-state index is 15.0. The van der Waals surface area contributed by atoms with Gasteiger partial charge in [0.05, 0.1) is 17.6 Å². The van der Waals surface area contributed by atoms with Crippen LogP contribution in [-0.4, -0.2) is 29.1 Å². The minimum absolute atomic E-state index is 0.123. The predicted octanol–water partition coefficient (Wildman–Crippen LogP) is 7.29. The Balaban J connectivity index is 1.75. The molecular formula is C30H44FNO4SSi. The number of nitrogens with zero attached hydrogens (tertiary/aromatic N) is 1. The van der Waals surface area contributed by atoms with Gasteiger partial charge >= 0.3 is 0 Å². The number of Topliss-reactive ketones (excluding diaryl/α,β-unsaturated/α-hetero) is 1. The lowest BCUT2D eigenvalue weighted by Gasteiger charge is -2.33. The van der Waals surface area contributed by atoms with Crippen molar-refractivity contribution in [3.05, 3.63) is 52.0 Å². The molecule has 5 nitrogen and oxygen atoms in total. The van der Waals surface area contributed by atoms with Crippen molar-refractivity contribution in [2.45, 2.75) is 115 Å². The highest BCUT2D eigenvalue weighted by Crippen LogP contribution is 2.45. The van der Waals surface area contributed by atoms with Gasteiger partial charge in [0.2, 0.25) is 0 Å². The van der Waals surface area contributed by atoms with Crippen molar-refractivity contribution in [2.75, 3.05) is 5.75 Å². The first kappa shape index (κ1) is 29.2. The summed E-state index contributed by atoms with van der Waals surface area (Å²) in [4.78, 5) is 13.8. The Bertz CT molecular complexity index is 1350. The SMILES string of the molecule is CC(c1cc(F)c2c(c1CC(=O)CS(=O)(=N[Si](C)(C)C(C)(C)C)c1cc(C(C)(C)O)co1)CCC2)C1CC1. The average Bonchev–Trinajstić information content (AvgIpc) is 3.27. The third kappa shape index (κ3) is 5.87. The van der Waals surface area contributed by atoms with Gasteiger partial charge in [-0.15, -0.1) is 0 Å². The molecule has 2 unspecified atom stereocenters. The highest BCUT2D eigenvalue weighted by Gasteiger charge is 2.39. The summed E-state index contributed by atoms with van der Waals surface area (Å²) in [5.41, 5.74) is 2.92. The fourth-order valence-electron chi connectivity index (χ4n) is 5.22. The number of ketones is 1. The van der Waals surface area contributed by atoms with Crippen LogP contribution in [0.2, 0.25) is 18.1 Å². The van der Waals surface area contributed by atoms with E-state index >= 15 is 4.39 Å². The Hall–Kier alpha value is -1.77. The van der Waals surface area contributed by atoms with E-state index in [-0.39, 0.29) is 39.8 Å². The largest absolute Gasteiger partial charge is 0.454 e. The van der Waals surface area contributed by atoms with Gasteiger partial charge < -0.3 is 9.52 Å². The quantitative estimate of drug-likeness (QED) is 0.326. The van der Waals surface area contributed by atoms with Crippen LogP contribution in [0.15, 0.2) is 31.9 Å². The van der Waals surface area contributed by atoms with E-state index in [1.807, 2.05) is 0 Å². The van der Waals surface area contributed by atoms with E-state index in [9.17, 15) is 14.1 Å². The first-order valence-corrected chi connectivity index (χ1v) is 18.5. The minimum atomic E-state index is -3.24. The third-order valence-electron chi connectivity index (χ3n) is 8.86. The van der Waals surface area contributed by atoms with Crippen molar-refractivity contribution in [2.24, 2.45) is 9.95 Å². The predicted molar refractivity (Wildman–Crippen MR) is 153 cm³/mol. The Labute approximate surface area is 228 Å². The maximum Gasteiger partial charge on any atom is 0.198 e. The van der Waals surface area contributed by atoms with Crippen molar-refractivity contribution in [3.63, 3.8) is 0 Å². The molecule has 4 rings (SSSR count). The van der Waals surface area contributed by atoms with Crippen LogP contribution in [-0.2, 0) is 39.4 Å². The van der Waals surface area contributed by atoms with E-state index in [1.54, 1.807) is 26.0 Å². The highest BCUT2D eigenvalue weighted by atomic mass is 32.2. The van der Waals surface area contributed by atoms with Crippen LogP contribution < -0.4 is 0 Å². The lowest BCUT2D eigenvalue weighted by atomic mass is 9.85. The first-order chi connectivity index (χ1) is 17.4. The number of aliphatic hydroxyl groups is 1. The molecule has 1 saturated carbocycles. The summed E-state index contributed by atoms with van der Waals surface area (Å²) < 4.78 is 40.4. The van der Waals surface area contributed by atoms with Crippen molar-refractivity contribution in [1.82, 2.24) is 0 Å². The van der Waals surface area contributed by atoms with Gasteiger partial charge in [0.1, 0.15) is 15.5 Å². The topological polar surface area (TPSA) is 79.9 Å². The molecule has 0 amide bonds. The van der Waals surface area contributed by atoms with Gasteiger partial charge in [0.15, 0.2) is 19.1 Å². The highest BCUT2D eigenvalue weighted by molar-refractivity contribution is 7.95. The number of fused-ring (bicyclic) bond motifs is 1. The third-order valence-corrected chi connectivity index (χ3v) is 17.1. The first-order valence-electron chi connectivity index (χ1n) is 13.8. The van der Waals surface area contributed by atoms with Crippen LogP contribution in [0.3, 0.4) is 0 Å². The Morgan fingerprint density at radius 1 is 1.18 bits per heavy atom. The second-order valence-corrected chi connectivity index (χ2v) is 20.8. The normalized spacial score (nSPS) is 18.7. The fraction of sp³-hybridized carbons (Fsp3) is 0.633. The molecule has 0 aliphatic heterocycles. The molecule has 210 valence electrons. The number of hydrogen-bond acceptors (Lipinski definition) is 5. The van der Waals surface area contributed by atoms with Crippen LogP contribution in [0, 0.1) is 11.7 Å². The van der Waals surface area contributed by atoms with Gasteiger partial charge in [-0.05, 0) is 104 Å². The number of halogens is 1. The molecule has 0 saturated heterocycles. The Morgan fingerprint density at radius 2 is 1.82 bits per heavy atom. The molecule has 1 heterocycles. The maximum atomic E-state index is 15.0. The van der Waals surface area contributed by atoms with Gasteiger partial charge in [-0.25, -0.2) is 8.60 Å². The molecule has 0 bridgehead atoms. The van der Waals surface area contributed by atoms with Crippen molar-refractivity contribution in [1.29, 1.82) is 0 Å². The summed E-state index contributed by atoms with van der Waals surface area (Å²) in [5, 5.41) is 10.4. The van der Waals surface area contributed by atoms with Gasteiger partial charge in [-0.1, -0.05) is 27.7 Å². The summed E-state index contributed by atoms with van der Waals surface area (Å²) >= 11 is 0. The number of carbonyl (C=O) groups excluding carboxylic acids is 1. The summed E-state index contributed by atoms with van der Waals surface area (Å²) in [6.07, 6.45) is 6.16. The zero-order valence-corrected chi connectivity index (χ0v) is 26.1. The van der Waals surface area contributed by atoms with Crippen molar-refractivity contribution >= 4 is 23.7 Å². The number of hydrogen-bond donors (Lipinski definition) is 1. The van der Waals surface area contributed by atoms with E-state index in [4.69, 9.17) is 8.45 Å². The summed E-state index contributed by atoms with van der Waals surface area (Å²) in [6.45, 7) is 15.8. The van der Waals surface area contributed by atoms with Crippen LogP contribution in [0.25, 0.3) is 0 Å². The molecule has 1 aromatic heterocycles. The molecule has 2 aliphatic rings. The Kier molecular flexibility index (Phi) is 7.69. The van der Waals surface area contributed by atoms with Gasteiger partial charge in [-0.2, -0.15) is 0 Å². The Morgan fingerprint density at radius 3 is 2.37 bits per heavy atom. The number of furan rings is 1. The van der Waals surface area contributed by atoms with Gasteiger partial charge in [-0.3, -0.25) is 8.82 Å². The second-order valence-electron chi connectivity index (χ2n) is 13.5. The second kappa shape index (κ2) is 10.0. The summed E-state index contributed by atoms with van der Waals surface area (Å²) in [6, 6.07) is 3.25. The molecule has 1 N–H and O–H groups in total. The molecule has 2 aliphatic carbocycles. The molecule has 1 aromatic carbocycles. The number of carbonyl (C=O) groups is 1. The number of rotatable bonds is 9. The average molecular weight is 562 g/mol. The molecular weight excluding hydrogens is 517 g/mol. The summed E-state index contributed by atoms with van der Waals surface area (Å²) in [7, 11) is -5.69. The van der Waals surface area contributed by atoms with Gasteiger partial charge in [0, 0.05) is 18.1 Å². The number of benzene rings is 1. The molecule has 8 heteroatoms. The van der Waals surface area contributed by atoms with Gasteiger partial charge in [0.25, 0.3) is 0 Å². The van der Waals surface area contributed by atoms with Crippen molar-refractivity contribution < 1.29 is 22.9 Å². The fourth-order valence-corrected chi connectivity index (χ4v) is 11.1. The molecule has 0 radical (unpaired) electrons. The molecule has 2 atom stereocenters. The van der Waals surface area contributed by atoms with E-state index in [2.05, 4.69) is 40.8 Å². The zero-order chi connectivity index (χ0) is 28.3. The zero-order valence-electron chi connectivity index (χ0n) is 24.2. The van der Waals surface area contributed by atoms with Crippen LogP contribution >= 0.6 is 0 Å². The van der Waals surface area contributed by atoms with E-state index in [1.165, 1.54) is 6.26 Å². The lowest BCUT2D eigenvalue weighted by molar-refractivity contribution is -0.116. The van der Waals surface area contributed by atoms with E-state index < -0.39 is 23.6 Å². The van der Waals surface area contributed by atoms with Crippen LogP contribution in [0.5, 0.6) is 0 Å². The standard InChI is InChI=1S/C30H44FNO4SSi/c1-19(20-12-13-20)25-16-27(31)24-11-9-10-23(24)26(25)15-22(33)18-37(35,32-38(7,8)29(2,3)4)28-14-21(17-36-28)30(5,6)34/h14,16-17,19-20,34H,9-13,15,18H2,1-8H3. The van der Waals surface area contributed by atoms with E-state index in [0.717, 1.165) is 47.9 Å². The lowest BCUT2D eigenvalue weighted by Crippen LogP contribution is -2.37. The van der Waals surface area contributed by atoms with Crippen LogP contribution in [0.1, 0.15) is 94.5 Å². The smallest absolute Gasteiger partial charge is 0.198 e.